The molecule has 0 spiro atoms. The minimum Gasteiger partial charge on any atom is -0.387 e. The van der Waals surface area contributed by atoms with Gasteiger partial charge in [0.05, 0.1) is 40.7 Å². The molecule has 3 heterocycles. The molecule has 0 unspecified atom stereocenters. The molecule has 4 aromatic rings. The predicted molar refractivity (Wildman–Crippen MR) is 158 cm³/mol. The minimum absolute atomic E-state index is 0.00250. The molecule has 1 saturated carbocycles. The number of carbonyl (C=O) groups is 2. The lowest BCUT2D eigenvalue weighted by Crippen LogP contribution is -2.42. The van der Waals surface area contributed by atoms with E-state index in [4.69, 9.17) is 0 Å². The topological polar surface area (TPSA) is 158 Å². The molecule has 13 heteroatoms. The van der Waals surface area contributed by atoms with E-state index in [0.717, 1.165) is 0 Å². The summed E-state index contributed by atoms with van der Waals surface area (Å²) in [5.41, 5.74) is -0.174. The van der Waals surface area contributed by atoms with Crippen LogP contribution in [0.2, 0.25) is 0 Å². The number of alkyl halides is 1. The standard InChI is InChI=1S/C31H32F2N8O3/c1-31(2,44)26(33)17-37-29(42)23-16-35-27(41-28-19(15-38-41)11-18(13-34)14-36-28)12-25(23)39-20-7-9-21(10-8-20)40-30(43)22-5-3-4-6-24(22)32/h3-6,11-12,14-16,20-21,26,44H,7-10,17H2,1-2H3,(H,35,39)(H,37,42)(H,40,43)/t20?,21?,26-/m1/s1. The van der Waals surface area contributed by atoms with E-state index in [0.29, 0.717) is 53.8 Å². The Morgan fingerprint density at radius 3 is 2.50 bits per heavy atom. The van der Waals surface area contributed by atoms with Crippen molar-refractivity contribution < 1.29 is 23.5 Å². The number of benzene rings is 1. The van der Waals surface area contributed by atoms with E-state index < -0.39 is 35.9 Å². The van der Waals surface area contributed by atoms with Gasteiger partial charge in [-0.05, 0) is 57.7 Å². The van der Waals surface area contributed by atoms with Crippen LogP contribution in [0.4, 0.5) is 14.5 Å². The van der Waals surface area contributed by atoms with Crippen molar-refractivity contribution in [1.82, 2.24) is 30.4 Å². The molecule has 228 valence electrons. The highest BCUT2D eigenvalue weighted by Crippen LogP contribution is 2.27. The number of hydrogen-bond acceptors (Lipinski definition) is 8. The number of rotatable bonds is 9. The number of pyridine rings is 2. The molecule has 0 aliphatic heterocycles. The van der Waals surface area contributed by atoms with Gasteiger partial charge in [0.1, 0.15) is 18.1 Å². The van der Waals surface area contributed by atoms with E-state index in [2.05, 4.69) is 31.0 Å². The average molecular weight is 603 g/mol. The fraction of sp³-hybridized carbons (Fsp3) is 0.355. The number of nitrogens with zero attached hydrogens (tertiary/aromatic N) is 5. The Labute approximate surface area is 252 Å². The summed E-state index contributed by atoms with van der Waals surface area (Å²) in [4.78, 5) is 34.5. The summed E-state index contributed by atoms with van der Waals surface area (Å²) in [6, 6.07) is 11.0. The summed E-state index contributed by atoms with van der Waals surface area (Å²) < 4.78 is 29.9. The number of anilines is 1. The van der Waals surface area contributed by atoms with Crippen LogP contribution in [0.3, 0.4) is 0 Å². The lowest BCUT2D eigenvalue weighted by molar-refractivity contribution is -0.00178. The molecule has 11 nitrogen and oxygen atoms in total. The summed E-state index contributed by atoms with van der Waals surface area (Å²) in [6.45, 7) is 2.25. The van der Waals surface area contributed by atoms with Gasteiger partial charge in [0.2, 0.25) is 0 Å². The molecule has 1 atom stereocenters. The van der Waals surface area contributed by atoms with Crippen LogP contribution in [0.5, 0.6) is 0 Å². The lowest BCUT2D eigenvalue weighted by atomic mass is 9.90. The summed E-state index contributed by atoms with van der Waals surface area (Å²) in [7, 11) is 0. The number of halogens is 2. The van der Waals surface area contributed by atoms with Crippen molar-refractivity contribution in [3.05, 3.63) is 77.5 Å². The first-order valence-corrected chi connectivity index (χ1v) is 14.2. The number of nitriles is 1. The second-order valence-corrected chi connectivity index (χ2v) is 11.4. The third kappa shape index (κ3) is 6.81. The van der Waals surface area contributed by atoms with Crippen LogP contribution < -0.4 is 16.0 Å². The highest BCUT2D eigenvalue weighted by Gasteiger charge is 2.28. The van der Waals surface area contributed by atoms with Gasteiger partial charge in [0.25, 0.3) is 11.8 Å². The molecular formula is C31H32F2N8O3. The first-order chi connectivity index (χ1) is 21.0. The zero-order valence-electron chi connectivity index (χ0n) is 24.2. The van der Waals surface area contributed by atoms with Crippen molar-refractivity contribution in [3.8, 4) is 11.9 Å². The SMILES string of the molecule is CC(C)(O)[C@H](F)CNC(=O)c1cnc(-n2ncc3cc(C#N)cnc32)cc1NC1CCC(NC(=O)c2ccccc2F)CC1. The normalized spacial score (nSPS) is 17.5. The maximum Gasteiger partial charge on any atom is 0.255 e. The molecule has 44 heavy (non-hydrogen) atoms. The number of carbonyl (C=O) groups excluding carboxylic acids is 2. The van der Waals surface area contributed by atoms with Gasteiger partial charge in [-0.25, -0.2) is 18.7 Å². The zero-order valence-corrected chi connectivity index (χ0v) is 24.2. The van der Waals surface area contributed by atoms with Crippen molar-refractivity contribution in [1.29, 1.82) is 5.26 Å². The third-order valence-corrected chi connectivity index (χ3v) is 7.64. The first kappa shape index (κ1) is 30.5. The molecular weight excluding hydrogens is 570 g/mol. The van der Waals surface area contributed by atoms with Gasteiger partial charge in [-0.1, -0.05) is 12.1 Å². The van der Waals surface area contributed by atoms with Gasteiger partial charge in [0.15, 0.2) is 11.5 Å². The number of aliphatic hydroxyl groups is 1. The van der Waals surface area contributed by atoms with Crippen LogP contribution in [-0.2, 0) is 0 Å². The van der Waals surface area contributed by atoms with E-state index in [1.807, 2.05) is 6.07 Å². The van der Waals surface area contributed by atoms with Gasteiger partial charge in [-0.15, -0.1) is 0 Å². The van der Waals surface area contributed by atoms with Crippen molar-refractivity contribution >= 4 is 28.5 Å². The molecule has 0 radical (unpaired) electrons. The summed E-state index contributed by atoms with van der Waals surface area (Å²) in [5.74, 6) is -1.25. The van der Waals surface area contributed by atoms with E-state index >= 15 is 0 Å². The molecule has 5 rings (SSSR count). The van der Waals surface area contributed by atoms with E-state index in [9.17, 15) is 28.7 Å². The second kappa shape index (κ2) is 12.7. The fourth-order valence-corrected chi connectivity index (χ4v) is 5.05. The second-order valence-electron chi connectivity index (χ2n) is 11.4. The zero-order chi connectivity index (χ0) is 31.4. The van der Waals surface area contributed by atoms with Gasteiger partial charge in [0, 0.05) is 35.9 Å². The Bertz CT molecular complexity index is 1720. The quantitative estimate of drug-likeness (QED) is 0.225. The van der Waals surface area contributed by atoms with E-state index in [-0.39, 0.29) is 23.2 Å². The first-order valence-electron chi connectivity index (χ1n) is 14.2. The van der Waals surface area contributed by atoms with Gasteiger partial charge in [-0.3, -0.25) is 9.59 Å². The summed E-state index contributed by atoms with van der Waals surface area (Å²) >= 11 is 0. The van der Waals surface area contributed by atoms with Crippen molar-refractivity contribution in [3.63, 3.8) is 0 Å². The van der Waals surface area contributed by atoms with Crippen LogP contribution in [0.1, 0.15) is 65.8 Å². The Hall–Kier alpha value is -4.96. The third-order valence-electron chi connectivity index (χ3n) is 7.64. The average Bonchev–Trinajstić information content (AvgIpc) is 3.43. The number of hydrogen-bond donors (Lipinski definition) is 4. The largest absolute Gasteiger partial charge is 0.387 e. The number of amides is 2. The van der Waals surface area contributed by atoms with Gasteiger partial charge in [-0.2, -0.15) is 15.0 Å². The Morgan fingerprint density at radius 2 is 1.80 bits per heavy atom. The van der Waals surface area contributed by atoms with Gasteiger partial charge >= 0.3 is 0 Å². The number of nitrogens with one attached hydrogen (secondary N) is 3. The smallest absolute Gasteiger partial charge is 0.255 e. The van der Waals surface area contributed by atoms with Crippen molar-refractivity contribution in [2.45, 2.75) is 63.4 Å². The van der Waals surface area contributed by atoms with Crippen LogP contribution >= 0.6 is 0 Å². The number of fused-ring (bicyclic) bond motifs is 1. The van der Waals surface area contributed by atoms with Gasteiger partial charge < -0.3 is 21.1 Å². The van der Waals surface area contributed by atoms with E-state index in [1.54, 1.807) is 24.4 Å². The Kier molecular flexibility index (Phi) is 8.82. The predicted octanol–water partition coefficient (Wildman–Crippen LogP) is 3.82. The number of aromatic nitrogens is 4. The van der Waals surface area contributed by atoms with Crippen LogP contribution in [0.25, 0.3) is 16.9 Å². The molecule has 1 fully saturated rings. The minimum atomic E-state index is -1.69. The highest BCUT2D eigenvalue weighted by molar-refractivity contribution is 5.99. The Morgan fingerprint density at radius 1 is 1.07 bits per heavy atom. The molecule has 0 bridgehead atoms. The summed E-state index contributed by atoms with van der Waals surface area (Å²) in [6.07, 6.45) is 5.22. The molecule has 3 aromatic heterocycles. The molecule has 1 aliphatic rings. The van der Waals surface area contributed by atoms with Crippen molar-refractivity contribution in [2.75, 3.05) is 11.9 Å². The van der Waals surface area contributed by atoms with Crippen LogP contribution in [0, 0.1) is 17.1 Å². The van der Waals surface area contributed by atoms with Crippen LogP contribution in [0.15, 0.2) is 55.0 Å². The summed E-state index contributed by atoms with van der Waals surface area (Å²) in [5, 5.41) is 33.0. The molecule has 4 N–H and O–H groups in total. The molecule has 0 saturated heterocycles. The fourth-order valence-electron chi connectivity index (χ4n) is 5.05. The molecule has 1 aliphatic carbocycles. The molecule has 2 amide bonds. The van der Waals surface area contributed by atoms with Crippen LogP contribution in [-0.4, -0.2) is 67.1 Å². The molecule has 1 aromatic carbocycles. The maximum atomic E-state index is 14.4. The monoisotopic (exact) mass is 602 g/mol. The van der Waals surface area contributed by atoms with Crippen molar-refractivity contribution in [2.24, 2.45) is 0 Å². The Balaban J connectivity index is 1.34. The van der Waals surface area contributed by atoms with E-state index in [1.165, 1.54) is 49.1 Å². The highest BCUT2D eigenvalue weighted by atomic mass is 19.1. The lowest BCUT2D eigenvalue weighted by Gasteiger charge is -2.31. The maximum absolute atomic E-state index is 14.4.